The molecule has 1 rings (SSSR count). The summed E-state index contributed by atoms with van der Waals surface area (Å²) in [5, 5.41) is 10.6. The summed E-state index contributed by atoms with van der Waals surface area (Å²) in [7, 11) is 0. The zero-order valence-corrected chi connectivity index (χ0v) is 10.1. The van der Waals surface area contributed by atoms with Gasteiger partial charge in [0.25, 0.3) is 0 Å². The average Bonchev–Trinajstić information content (AvgIpc) is 2.26. The Hall–Kier alpha value is 0.270. The van der Waals surface area contributed by atoms with Crippen LogP contribution in [0.4, 0.5) is 0 Å². The van der Waals surface area contributed by atoms with E-state index in [1.165, 1.54) is 6.42 Å². The smallest absolute Gasteiger partial charge is 0.0680 e. The normalized spacial score (nSPS) is 27.2. The quantitative estimate of drug-likeness (QED) is 0.768. The highest BCUT2D eigenvalue weighted by molar-refractivity contribution is 7.99. The molecule has 0 aromatic rings. The standard InChI is InChI=1S/C11H22O2S/c1-3-9(2)14-8-11(12)10-5-4-6-13-7-10/h9-12H,3-8H2,1-2H3. The van der Waals surface area contributed by atoms with E-state index < -0.39 is 0 Å². The van der Waals surface area contributed by atoms with Crippen LogP contribution in [0.3, 0.4) is 0 Å². The minimum atomic E-state index is -0.172. The summed E-state index contributed by atoms with van der Waals surface area (Å²) in [5.41, 5.74) is 0. The molecule has 0 radical (unpaired) electrons. The summed E-state index contributed by atoms with van der Waals surface area (Å²) in [6.45, 7) is 6.03. The van der Waals surface area contributed by atoms with Gasteiger partial charge in [-0.25, -0.2) is 0 Å². The average molecular weight is 218 g/mol. The first-order valence-corrected chi connectivity index (χ1v) is 6.66. The van der Waals surface area contributed by atoms with Gasteiger partial charge in [-0.05, 0) is 19.3 Å². The van der Waals surface area contributed by atoms with Gasteiger partial charge in [0.15, 0.2) is 0 Å². The van der Waals surface area contributed by atoms with Crippen molar-refractivity contribution in [2.24, 2.45) is 5.92 Å². The minimum absolute atomic E-state index is 0.172. The van der Waals surface area contributed by atoms with Crippen molar-refractivity contribution in [2.45, 2.75) is 44.5 Å². The van der Waals surface area contributed by atoms with Crippen LogP contribution in [0.15, 0.2) is 0 Å². The summed E-state index contributed by atoms with van der Waals surface area (Å²) in [6.07, 6.45) is 3.24. The first-order chi connectivity index (χ1) is 6.74. The molecule has 3 heteroatoms. The number of ether oxygens (including phenoxy) is 1. The SMILES string of the molecule is CCC(C)SCC(O)C1CCCOC1. The van der Waals surface area contributed by atoms with Gasteiger partial charge >= 0.3 is 0 Å². The highest BCUT2D eigenvalue weighted by atomic mass is 32.2. The Bertz CT molecular complexity index is 146. The van der Waals surface area contributed by atoms with Crippen molar-refractivity contribution in [3.63, 3.8) is 0 Å². The minimum Gasteiger partial charge on any atom is -0.392 e. The second-order valence-corrected chi connectivity index (χ2v) is 5.57. The molecule has 1 N–H and O–H groups in total. The Morgan fingerprint density at radius 1 is 1.57 bits per heavy atom. The number of hydrogen-bond donors (Lipinski definition) is 1. The Balaban J connectivity index is 2.16. The summed E-state index contributed by atoms with van der Waals surface area (Å²) in [4.78, 5) is 0. The molecule has 1 saturated heterocycles. The largest absolute Gasteiger partial charge is 0.392 e. The fourth-order valence-corrected chi connectivity index (χ4v) is 2.62. The molecule has 2 nitrogen and oxygen atoms in total. The second kappa shape index (κ2) is 6.70. The second-order valence-electron chi connectivity index (χ2n) is 4.10. The zero-order valence-electron chi connectivity index (χ0n) is 9.24. The van der Waals surface area contributed by atoms with Crippen LogP contribution in [0.2, 0.25) is 0 Å². The molecule has 3 atom stereocenters. The number of aliphatic hydroxyl groups is 1. The van der Waals surface area contributed by atoms with Crippen LogP contribution in [0.1, 0.15) is 33.1 Å². The summed E-state index contributed by atoms with van der Waals surface area (Å²) < 4.78 is 5.37. The molecule has 0 saturated carbocycles. The molecule has 1 aliphatic heterocycles. The maximum atomic E-state index is 9.92. The highest BCUT2D eigenvalue weighted by Crippen LogP contribution is 2.22. The fraction of sp³-hybridized carbons (Fsp3) is 1.00. The van der Waals surface area contributed by atoms with E-state index in [9.17, 15) is 5.11 Å². The summed E-state index contributed by atoms with van der Waals surface area (Å²) >= 11 is 1.87. The summed E-state index contributed by atoms with van der Waals surface area (Å²) in [6, 6.07) is 0. The Labute approximate surface area is 91.4 Å². The molecule has 1 fully saturated rings. The van der Waals surface area contributed by atoms with Gasteiger partial charge in [0.2, 0.25) is 0 Å². The lowest BCUT2D eigenvalue weighted by molar-refractivity contribution is -0.0000683. The van der Waals surface area contributed by atoms with E-state index in [-0.39, 0.29) is 6.10 Å². The van der Waals surface area contributed by atoms with E-state index in [2.05, 4.69) is 13.8 Å². The third-order valence-electron chi connectivity index (χ3n) is 2.87. The predicted molar refractivity (Wildman–Crippen MR) is 61.8 cm³/mol. The molecule has 84 valence electrons. The van der Waals surface area contributed by atoms with E-state index in [1.807, 2.05) is 11.8 Å². The van der Waals surface area contributed by atoms with E-state index >= 15 is 0 Å². The van der Waals surface area contributed by atoms with Gasteiger partial charge in [-0.2, -0.15) is 11.8 Å². The van der Waals surface area contributed by atoms with Gasteiger partial charge in [-0.1, -0.05) is 13.8 Å². The van der Waals surface area contributed by atoms with Crippen LogP contribution in [-0.2, 0) is 4.74 Å². The molecule has 0 amide bonds. The van der Waals surface area contributed by atoms with Crippen molar-refractivity contribution in [1.29, 1.82) is 0 Å². The topological polar surface area (TPSA) is 29.5 Å². The maximum absolute atomic E-state index is 9.92. The van der Waals surface area contributed by atoms with Crippen molar-refractivity contribution in [2.75, 3.05) is 19.0 Å². The van der Waals surface area contributed by atoms with E-state index in [1.54, 1.807) is 0 Å². The first-order valence-electron chi connectivity index (χ1n) is 5.61. The first kappa shape index (κ1) is 12.3. The van der Waals surface area contributed by atoms with Crippen LogP contribution in [0, 0.1) is 5.92 Å². The lowest BCUT2D eigenvalue weighted by Crippen LogP contribution is -2.31. The molecule has 14 heavy (non-hydrogen) atoms. The van der Waals surface area contributed by atoms with Crippen molar-refractivity contribution >= 4 is 11.8 Å². The highest BCUT2D eigenvalue weighted by Gasteiger charge is 2.22. The van der Waals surface area contributed by atoms with Crippen molar-refractivity contribution in [3.05, 3.63) is 0 Å². The van der Waals surface area contributed by atoms with Crippen LogP contribution in [0.5, 0.6) is 0 Å². The monoisotopic (exact) mass is 218 g/mol. The van der Waals surface area contributed by atoms with Crippen LogP contribution >= 0.6 is 11.8 Å². The van der Waals surface area contributed by atoms with Crippen molar-refractivity contribution in [3.8, 4) is 0 Å². The van der Waals surface area contributed by atoms with Gasteiger partial charge in [-0.3, -0.25) is 0 Å². The number of rotatable bonds is 5. The predicted octanol–water partition coefficient (Wildman–Crippen LogP) is 2.31. The molecule has 0 aliphatic carbocycles. The van der Waals surface area contributed by atoms with Gasteiger partial charge < -0.3 is 9.84 Å². The summed E-state index contributed by atoms with van der Waals surface area (Å²) in [5.74, 6) is 1.24. The Morgan fingerprint density at radius 3 is 2.93 bits per heavy atom. The molecule has 0 spiro atoms. The molecule has 0 aromatic heterocycles. The molecule has 0 aromatic carbocycles. The Kier molecular flexibility index (Phi) is 5.90. The number of hydrogen-bond acceptors (Lipinski definition) is 3. The molecular formula is C11H22O2S. The lowest BCUT2D eigenvalue weighted by Gasteiger charge is -2.27. The Morgan fingerprint density at radius 2 is 2.36 bits per heavy atom. The molecule has 1 aliphatic rings. The van der Waals surface area contributed by atoms with Gasteiger partial charge in [0.05, 0.1) is 12.7 Å². The molecule has 0 bridgehead atoms. The van der Waals surface area contributed by atoms with Crippen molar-refractivity contribution < 1.29 is 9.84 Å². The number of aliphatic hydroxyl groups excluding tert-OH is 1. The van der Waals surface area contributed by atoms with Crippen LogP contribution in [-0.4, -0.2) is 35.4 Å². The maximum Gasteiger partial charge on any atom is 0.0680 e. The molecular weight excluding hydrogens is 196 g/mol. The van der Waals surface area contributed by atoms with Crippen molar-refractivity contribution in [1.82, 2.24) is 0 Å². The lowest BCUT2D eigenvalue weighted by atomic mass is 9.97. The molecule has 1 heterocycles. The fourth-order valence-electron chi connectivity index (χ4n) is 1.59. The van der Waals surface area contributed by atoms with E-state index in [0.717, 1.165) is 31.8 Å². The van der Waals surface area contributed by atoms with E-state index in [4.69, 9.17) is 4.74 Å². The number of thioether (sulfide) groups is 1. The molecule has 3 unspecified atom stereocenters. The van der Waals surface area contributed by atoms with Gasteiger partial charge in [-0.15, -0.1) is 0 Å². The van der Waals surface area contributed by atoms with Crippen LogP contribution < -0.4 is 0 Å². The third kappa shape index (κ3) is 4.20. The zero-order chi connectivity index (χ0) is 10.4. The van der Waals surface area contributed by atoms with Crippen LogP contribution in [0.25, 0.3) is 0 Å². The van der Waals surface area contributed by atoms with E-state index in [0.29, 0.717) is 11.2 Å². The third-order valence-corrected chi connectivity index (χ3v) is 4.30. The van der Waals surface area contributed by atoms with Gasteiger partial charge in [0.1, 0.15) is 0 Å². The van der Waals surface area contributed by atoms with Gasteiger partial charge in [0, 0.05) is 23.5 Å².